The van der Waals surface area contributed by atoms with Gasteiger partial charge in [0, 0.05) is 20.2 Å². The monoisotopic (exact) mass is 142 g/mol. The molecule has 1 fully saturated rings. The molecule has 1 rings (SSSR count). The molecule has 1 saturated heterocycles. The lowest BCUT2D eigenvalue weighted by molar-refractivity contribution is 0.0895. The smallest absolute Gasteiger partial charge is 0.159 e. The van der Waals surface area contributed by atoms with Crippen molar-refractivity contribution in [2.75, 3.05) is 20.2 Å². The van der Waals surface area contributed by atoms with E-state index < -0.39 is 0 Å². The van der Waals surface area contributed by atoms with E-state index in [2.05, 4.69) is 10.6 Å². The van der Waals surface area contributed by atoms with E-state index in [-0.39, 0.29) is 6.23 Å². The number of nitrogens with one attached hydrogen (secondary N) is 2. The van der Waals surface area contributed by atoms with Gasteiger partial charge in [-0.15, -0.1) is 0 Å². The Morgan fingerprint density at radius 2 is 2.50 bits per heavy atom. The summed E-state index contributed by atoms with van der Waals surface area (Å²) in [4.78, 5) is 10.2. The van der Waals surface area contributed by atoms with E-state index in [9.17, 15) is 4.79 Å². The molecule has 1 aliphatic rings. The van der Waals surface area contributed by atoms with Gasteiger partial charge in [0.1, 0.15) is 11.6 Å². The molecule has 1 heterocycles. The molecule has 0 bridgehead atoms. The Hall–Kier alpha value is -0.830. The second kappa shape index (κ2) is 3.37. The fourth-order valence-corrected chi connectivity index (χ4v) is 0.886. The predicted octanol–water partition coefficient (Wildman–Crippen LogP) is -1.13. The molecule has 0 aromatic rings. The van der Waals surface area contributed by atoms with E-state index in [1.807, 2.05) is 0 Å². The first-order chi connectivity index (χ1) is 4.88. The molecule has 2 N–H and O–H groups in total. The number of piperazine rings is 1. The summed E-state index contributed by atoms with van der Waals surface area (Å²) in [6, 6.07) is 0. The fourth-order valence-electron chi connectivity index (χ4n) is 0.886. The maximum atomic E-state index is 10.2. The Balaban J connectivity index is 2.59. The number of rotatable bonds is 1. The first kappa shape index (κ1) is 7.28. The molecule has 0 aromatic heterocycles. The molecule has 4 heteroatoms. The Labute approximate surface area is 59.2 Å². The first-order valence-corrected chi connectivity index (χ1v) is 3.13. The lowest BCUT2D eigenvalue weighted by atomic mass is 10.3. The highest BCUT2D eigenvalue weighted by Gasteiger charge is 2.17. The maximum absolute atomic E-state index is 10.2. The average molecular weight is 142 g/mol. The summed E-state index contributed by atoms with van der Waals surface area (Å²) in [5.41, 5.74) is 0.453. The highest BCUT2D eigenvalue weighted by atomic mass is 16.5. The van der Waals surface area contributed by atoms with E-state index in [1.165, 1.54) is 0 Å². The summed E-state index contributed by atoms with van der Waals surface area (Å²) in [6.07, 6.45) is -0.300. The topological polar surface area (TPSA) is 50.4 Å². The van der Waals surface area contributed by atoms with Crippen molar-refractivity contribution in [3.63, 3.8) is 0 Å². The lowest BCUT2D eigenvalue weighted by Gasteiger charge is -2.23. The van der Waals surface area contributed by atoms with Crippen LogP contribution in [0.5, 0.6) is 0 Å². The van der Waals surface area contributed by atoms with Gasteiger partial charge < -0.3 is 10.1 Å². The van der Waals surface area contributed by atoms with Gasteiger partial charge >= 0.3 is 0 Å². The number of methoxy groups -OCH3 is 1. The number of hydrogen-bond donors (Lipinski definition) is 2. The molecule has 10 heavy (non-hydrogen) atoms. The number of carbonyl (C=O) groups excluding carboxylic acids is 1. The second-order valence-electron chi connectivity index (χ2n) is 2.01. The van der Waals surface area contributed by atoms with Crippen molar-refractivity contribution in [1.82, 2.24) is 10.6 Å². The van der Waals surface area contributed by atoms with Crippen LogP contribution in [0.15, 0.2) is 5.70 Å². The molecule has 1 atom stereocenters. The van der Waals surface area contributed by atoms with Gasteiger partial charge in [-0.2, -0.15) is 0 Å². The quantitative estimate of drug-likeness (QED) is 0.455. The summed E-state index contributed by atoms with van der Waals surface area (Å²) in [6.45, 7) is 1.56. The van der Waals surface area contributed by atoms with E-state index in [0.717, 1.165) is 13.1 Å². The standard InChI is InChI=1S/C6H10N2O2/c1-10-6-5(4-9)7-2-3-8-6/h6-8H,2-3H2,1H3. The van der Waals surface area contributed by atoms with Crippen LogP contribution in [0.25, 0.3) is 0 Å². The van der Waals surface area contributed by atoms with Crippen molar-refractivity contribution in [2.45, 2.75) is 6.23 Å². The van der Waals surface area contributed by atoms with Crippen LogP contribution in [-0.4, -0.2) is 32.4 Å². The third kappa shape index (κ3) is 1.36. The molecule has 0 aromatic carbocycles. The van der Waals surface area contributed by atoms with Crippen LogP contribution in [0.1, 0.15) is 0 Å². The molecule has 4 nitrogen and oxygen atoms in total. The van der Waals surface area contributed by atoms with Gasteiger partial charge in [0.15, 0.2) is 6.23 Å². The van der Waals surface area contributed by atoms with E-state index in [0.29, 0.717) is 5.70 Å². The Kier molecular flexibility index (Phi) is 2.45. The van der Waals surface area contributed by atoms with Crippen LogP contribution in [-0.2, 0) is 9.53 Å². The third-order valence-electron chi connectivity index (χ3n) is 1.38. The van der Waals surface area contributed by atoms with Crippen LogP contribution in [0, 0.1) is 0 Å². The van der Waals surface area contributed by atoms with Gasteiger partial charge in [-0.1, -0.05) is 0 Å². The zero-order valence-electron chi connectivity index (χ0n) is 5.81. The van der Waals surface area contributed by atoms with Gasteiger partial charge in [0.25, 0.3) is 0 Å². The van der Waals surface area contributed by atoms with Gasteiger partial charge in [0.2, 0.25) is 0 Å². The molecular weight excluding hydrogens is 132 g/mol. The Morgan fingerprint density at radius 1 is 1.70 bits per heavy atom. The molecule has 0 aliphatic carbocycles. The zero-order chi connectivity index (χ0) is 7.40. The van der Waals surface area contributed by atoms with Gasteiger partial charge in [-0.3, -0.25) is 5.32 Å². The zero-order valence-corrected chi connectivity index (χ0v) is 5.81. The predicted molar refractivity (Wildman–Crippen MR) is 36.0 cm³/mol. The Bertz CT molecular complexity index is 163. The summed E-state index contributed by atoms with van der Waals surface area (Å²) in [5, 5.41) is 5.86. The summed E-state index contributed by atoms with van der Waals surface area (Å²) >= 11 is 0. The van der Waals surface area contributed by atoms with Gasteiger partial charge in [-0.25, -0.2) is 4.79 Å². The highest BCUT2D eigenvalue weighted by molar-refractivity contribution is 5.53. The largest absolute Gasteiger partial charge is 0.375 e. The maximum Gasteiger partial charge on any atom is 0.159 e. The minimum atomic E-state index is -0.300. The van der Waals surface area contributed by atoms with Crippen molar-refractivity contribution >= 4 is 5.94 Å². The first-order valence-electron chi connectivity index (χ1n) is 3.13. The van der Waals surface area contributed by atoms with E-state index in [4.69, 9.17) is 4.74 Å². The number of hydrogen-bond acceptors (Lipinski definition) is 4. The highest BCUT2D eigenvalue weighted by Crippen LogP contribution is 1.97. The SMILES string of the molecule is COC1NCCNC1=C=O. The van der Waals surface area contributed by atoms with E-state index >= 15 is 0 Å². The van der Waals surface area contributed by atoms with Crippen molar-refractivity contribution in [2.24, 2.45) is 0 Å². The lowest BCUT2D eigenvalue weighted by Crippen LogP contribution is -2.47. The molecule has 1 aliphatic heterocycles. The normalized spacial score (nSPS) is 25.3. The number of ether oxygens (including phenoxy) is 1. The van der Waals surface area contributed by atoms with Crippen molar-refractivity contribution < 1.29 is 9.53 Å². The van der Waals surface area contributed by atoms with Crippen LogP contribution < -0.4 is 10.6 Å². The second-order valence-corrected chi connectivity index (χ2v) is 2.01. The molecule has 56 valence electrons. The van der Waals surface area contributed by atoms with Gasteiger partial charge in [-0.05, 0) is 0 Å². The fraction of sp³-hybridized carbons (Fsp3) is 0.667. The Morgan fingerprint density at radius 3 is 3.00 bits per heavy atom. The van der Waals surface area contributed by atoms with Crippen LogP contribution in [0.4, 0.5) is 0 Å². The molecular formula is C6H10N2O2. The molecule has 0 radical (unpaired) electrons. The van der Waals surface area contributed by atoms with Crippen LogP contribution in [0.3, 0.4) is 0 Å². The average Bonchev–Trinajstić information content (AvgIpc) is 2.04. The van der Waals surface area contributed by atoms with Crippen molar-refractivity contribution in [1.29, 1.82) is 0 Å². The van der Waals surface area contributed by atoms with Gasteiger partial charge in [0.05, 0.1) is 0 Å². The van der Waals surface area contributed by atoms with Crippen molar-refractivity contribution in [3.8, 4) is 0 Å². The van der Waals surface area contributed by atoms with E-state index in [1.54, 1.807) is 13.1 Å². The molecule has 0 saturated carbocycles. The summed E-state index contributed by atoms with van der Waals surface area (Å²) < 4.78 is 4.92. The minimum absolute atomic E-state index is 0.300. The third-order valence-corrected chi connectivity index (χ3v) is 1.38. The molecule has 0 amide bonds. The summed E-state index contributed by atoms with van der Waals surface area (Å²) in [5.74, 6) is 1.77. The van der Waals surface area contributed by atoms with Crippen LogP contribution >= 0.6 is 0 Å². The minimum Gasteiger partial charge on any atom is -0.375 e. The molecule has 0 spiro atoms. The van der Waals surface area contributed by atoms with Crippen molar-refractivity contribution in [3.05, 3.63) is 5.70 Å². The summed E-state index contributed by atoms with van der Waals surface area (Å²) in [7, 11) is 1.54. The van der Waals surface area contributed by atoms with Crippen LogP contribution in [0.2, 0.25) is 0 Å². The molecule has 1 unspecified atom stereocenters.